The van der Waals surface area contributed by atoms with E-state index in [-0.39, 0.29) is 30.3 Å². The van der Waals surface area contributed by atoms with Crippen LogP contribution in [0.4, 0.5) is 15.9 Å². The van der Waals surface area contributed by atoms with Gasteiger partial charge in [-0.25, -0.2) is 14.4 Å². The molecule has 10 nitrogen and oxygen atoms in total. The highest BCUT2D eigenvalue weighted by molar-refractivity contribution is 6.39. The maximum absolute atomic E-state index is 15.4. The molecule has 5 heterocycles. The standard InChI is InChI=1S/C33H34Cl2FN7O3/c1-46-33-20(13-37-14-22-6-8-27(45)40-22)5-7-25(42-33)23-10-12-38-31(29(23)35)24-3-2-4-26(28(24)34)41-32-30(36)21(9-11-39-32)17-43-15-19(16-43)18-44/h2-5,7,9-12,19,22,37,44H,6,8,13-18H2,1H3,(H,39,41)(H,40,45). The second-order valence-electron chi connectivity index (χ2n) is 11.5. The molecule has 2 saturated heterocycles. The Hall–Kier alpha value is -3.87. The summed E-state index contributed by atoms with van der Waals surface area (Å²) >= 11 is 13.8. The summed E-state index contributed by atoms with van der Waals surface area (Å²) in [5, 5.41) is 19.3. The minimum Gasteiger partial charge on any atom is -0.481 e. The van der Waals surface area contributed by atoms with Crippen LogP contribution in [0.3, 0.4) is 0 Å². The molecule has 1 aromatic carbocycles. The van der Waals surface area contributed by atoms with Crippen molar-refractivity contribution in [2.24, 2.45) is 5.92 Å². The summed E-state index contributed by atoms with van der Waals surface area (Å²) in [6.07, 6.45) is 4.57. The lowest BCUT2D eigenvalue weighted by molar-refractivity contribution is -0.119. The number of carbonyl (C=O) groups is 1. The van der Waals surface area contributed by atoms with Crippen LogP contribution in [0.5, 0.6) is 5.88 Å². The van der Waals surface area contributed by atoms with Gasteiger partial charge in [0.05, 0.1) is 34.2 Å². The molecule has 2 aliphatic heterocycles. The molecule has 1 amide bonds. The predicted molar refractivity (Wildman–Crippen MR) is 176 cm³/mol. The number of ether oxygens (including phenoxy) is 1. The average Bonchev–Trinajstić information content (AvgIpc) is 3.46. The summed E-state index contributed by atoms with van der Waals surface area (Å²) in [7, 11) is 1.57. The van der Waals surface area contributed by atoms with Gasteiger partial charge in [-0.15, -0.1) is 0 Å². The van der Waals surface area contributed by atoms with E-state index in [1.54, 1.807) is 49.8 Å². The number of nitrogens with one attached hydrogen (secondary N) is 3. The molecule has 240 valence electrons. The summed E-state index contributed by atoms with van der Waals surface area (Å²) in [5.41, 5.74) is 4.05. The molecule has 4 N–H and O–H groups in total. The number of aliphatic hydroxyl groups is 1. The van der Waals surface area contributed by atoms with Crippen molar-refractivity contribution in [3.8, 4) is 28.4 Å². The van der Waals surface area contributed by atoms with Gasteiger partial charge in [0.15, 0.2) is 11.6 Å². The molecule has 0 spiro atoms. The normalized spacial score (nSPS) is 16.7. The first-order chi connectivity index (χ1) is 22.3. The van der Waals surface area contributed by atoms with Gasteiger partial charge >= 0.3 is 0 Å². The van der Waals surface area contributed by atoms with E-state index in [9.17, 15) is 9.90 Å². The van der Waals surface area contributed by atoms with Crippen LogP contribution in [0, 0.1) is 11.7 Å². The number of carbonyl (C=O) groups excluding carboxylic acids is 1. The number of aliphatic hydroxyl groups excluding tert-OH is 1. The lowest BCUT2D eigenvalue weighted by Crippen LogP contribution is -2.47. The lowest BCUT2D eigenvalue weighted by atomic mass is 10.0. The third kappa shape index (κ3) is 6.93. The van der Waals surface area contributed by atoms with E-state index in [0.29, 0.717) is 75.7 Å². The van der Waals surface area contributed by atoms with E-state index in [1.165, 1.54) is 0 Å². The van der Waals surface area contributed by atoms with Crippen LogP contribution < -0.4 is 20.7 Å². The highest BCUT2D eigenvalue weighted by Gasteiger charge is 2.27. The summed E-state index contributed by atoms with van der Waals surface area (Å²) in [6, 6.07) is 12.7. The van der Waals surface area contributed by atoms with Gasteiger partial charge in [-0.2, -0.15) is 0 Å². The maximum Gasteiger partial charge on any atom is 0.220 e. The van der Waals surface area contributed by atoms with Gasteiger partial charge in [0.25, 0.3) is 0 Å². The Kier molecular flexibility index (Phi) is 9.95. The molecule has 2 aliphatic rings. The van der Waals surface area contributed by atoms with Crippen molar-refractivity contribution in [3.05, 3.63) is 81.8 Å². The summed E-state index contributed by atoms with van der Waals surface area (Å²) in [4.78, 5) is 27.0. The third-order valence-corrected chi connectivity index (χ3v) is 9.04. The molecule has 0 saturated carbocycles. The molecule has 0 aliphatic carbocycles. The first-order valence-corrected chi connectivity index (χ1v) is 15.8. The van der Waals surface area contributed by atoms with Crippen LogP contribution >= 0.6 is 23.2 Å². The van der Waals surface area contributed by atoms with E-state index in [2.05, 4.69) is 30.8 Å². The molecular weight excluding hydrogens is 632 g/mol. The highest BCUT2D eigenvalue weighted by Crippen LogP contribution is 2.41. The fraction of sp³-hybridized carbons (Fsp3) is 0.333. The Labute approximate surface area is 276 Å². The van der Waals surface area contributed by atoms with Gasteiger partial charge in [0.1, 0.15) is 0 Å². The van der Waals surface area contributed by atoms with E-state index >= 15 is 4.39 Å². The number of pyridine rings is 3. The summed E-state index contributed by atoms with van der Waals surface area (Å²) < 4.78 is 21.0. The highest BCUT2D eigenvalue weighted by atomic mass is 35.5. The molecule has 46 heavy (non-hydrogen) atoms. The first-order valence-electron chi connectivity index (χ1n) is 15.1. The van der Waals surface area contributed by atoms with Crippen molar-refractivity contribution >= 4 is 40.6 Å². The monoisotopic (exact) mass is 665 g/mol. The zero-order valence-corrected chi connectivity index (χ0v) is 26.7. The van der Waals surface area contributed by atoms with Crippen molar-refractivity contribution in [3.63, 3.8) is 0 Å². The number of benzene rings is 1. The van der Waals surface area contributed by atoms with Gasteiger partial charge < -0.3 is 25.8 Å². The summed E-state index contributed by atoms with van der Waals surface area (Å²) in [6.45, 7) is 3.20. The molecule has 1 unspecified atom stereocenters. The third-order valence-electron chi connectivity index (χ3n) is 8.25. The molecule has 1 atom stereocenters. The molecule has 3 aromatic heterocycles. The van der Waals surface area contributed by atoms with Crippen LogP contribution in [0.2, 0.25) is 10.0 Å². The summed E-state index contributed by atoms with van der Waals surface area (Å²) in [5.74, 6) is 0.376. The van der Waals surface area contributed by atoms with Gasteiger partial charge in [0, 0.05) is 92.4 Å². The van der Waals surface area contributed by atoms with E-state index in [0.717, 1.165) is 25.1 Å². The van der Waals surface area contributed by atoms with Gasteiger partial charge in [-0.3, -0.25) is 14.7 Å². The number of rotatable bonds is 12. The number of halogens is 3. The second-order valence-corrected chi connectivity index (χ2v) is 12.2. The minimum absolute atomic E-state index is 0.0578. The van der Waals surface area contributed by atoms with Gasteiger partial charge in [0.2, 0.25) is 11.8 Å². The minimum atomic E-state index is -0.460. The second kappa shape index (κ2) is 14.3. The predicted octanol–water partition coefficient (Wildman–Crippen LogP) is 5.20. The SMILES string of the molecule is COc1nc(-c2ccnc(-c3cccc(Nc4nccc(CN5CC(CO)C5)c4F)c3Cl)c2Cl)ccc1CNCC1CCC(=O)N1. The van der Waals surface area contributed by atoms with Crippen molar-refractivity contribution in [2.45, 2.75) is 32.0 Å². The van der Waals surface area contributed by atoms with Gasteiger partial charge in [-0.1, -0.05) is 41.4 Å². The average molecular weight is 667 g/mol. The van der Waals surface area contributed by atoms with Crippen LogP contribution in [-0.2, 0) is 17.9 Å². The number of anilines is 2. The first kappa shape index (κ1) is 32.1. The Morgan fingerprint density at radius 1 is 1.07 bits per heavy atom. The van der Waals surface area contributed by atoms with Crippen LogP contribution in [0.25, 0.3) is 22.5 Å². The van der Waals surface area contributed by atoms with Crippen molar-refractivity contribution in [1.29, 1.82) is 0 Å². The molecule has 0 radical (unpaired) electrons. The number of amides is 1. The smallest absolute Gasteiger partial charge is 0.220 e. The fourth-order valence-electron chi connectivity index (χ4n) is 5.77. The Bertz CT molecular complexity index is 1740. The van der Waals surface area contributed by atoms with E-state index in [1.807, 2.05) is 12.1 Å². The van der Waals surface area contributed by atoms with E-state index < -0.39 is 5.82 Å². The zero-order chi connectivity index (χ0) is 32.2. The zero-order valence-electron chi connectivity index (χ0n) is 25.2. The quantitative estimate of drug-likeness (QED) is 0.162. The molecular formula is C33H34Cl2FN7O3. The fourth-order valence-corrected chi connectivity index (χ4v) is 6.34. The molecule has 13 heteroatoms. The largest absolute Gasteiger partial charge is 0.481 e. The van der Waals surface area contributed by atoms with Crippen LogP contribution in [-0.4, -0.2) is 70.3 Å². The van der Waals surface area contributed by atoms with Crippen LogP contribution in [0.15, 0.2) is 54.9 Å². The topological polar surface area (TPSA) is 125 Å². The van der Waals surface area contributed by atoms with Crippen molar-refractivity contribution < 1.29 is 19.0 Å². The number of hydrogen-bond acceptors (Lipinski definition) is 9. The molecule has 4 aromatic rings. The molecule has 0 bridgehead atoms. The Morgan fingerprint density at radius 2 is 1.89 bits per heavy atom. The molecule has 2 fully saturated rings. The number of aromatic nitrogens is 3. The number of methoxy groups -OCH3 is 1. The molecule has 6 rings (SSSR count). The Morgan fingerprint density at radius 3 is 2.65 bits per heavy atom. The number of hydrogen-bond donors (Lipinski definition) is 4. The van der Waals surface area contributed by atoms with E-state index in [4.69, 9.17) is 32.9 Å². The maximum atomic E-state index is 15.4. The number of nitrogens with zero attached hydrogens (tertiary/aromatic N) is 4. The van der Waals surface area contributed by atoms with Gasteiger partial charge in [-0.05, 0) is 30.7 Å². The van der Waals surface area contributed by atoms with Crippen molar-refractivity contribution in [2.75, 3.05) is 38.7 Å². The Balaban J connectivity index is 1.20. The van der Waals surface area contributed by atoms with Crippen molar-refractivity contribution in [1.82, 2.24) is 30.5 Å². The number of likely N-dealkylation sites (tertiary alicyclic amines) is 1. The lowest BCUT2D eigenvalue weighted by Gasteiger charge is -2.38. The van der Waals surface area contributed by atoms with Crippen LogP contribution in [0.1, 0.15) is 24.0 Å².